The maximum absolute atomic E-state index is 12.3. The largest absolute Gasteiger partial charge is 0.294 e. The number of ketones is 1. The summed E-state index contributed by atoms with van der Waals surface area (Å²) in [4.78, 5) is 16.6. The first-order valence-electron chi connectivity index (χ1n) is 7.21. The van der Waals surface area contributed by atoms with Crippen molar-refractivity contribution >= 4 is 16.7 Å². The van der Waals surface area contributed by atoms with Crippen molar-refractivity contribution in [2.75, 3.05) is 0 Å². The number of benzene rings is 1. The first-order valence-corrected chi connectivity index (χ1v) is 7.21. The fraction of sp³-hybridized carbons (Fsp3) is 0.412. The molecule has 0 atom stereocenters. The van der Waals surface area contributed by atoms with Gasteiger partial charge in [0, 0.05) is 23.6 Å². The zero-order valence-corrected chi connectivity index (χ0v) is 11.1. The van der Waals surface area contributed by atoms with Gasteiger partial charge in [0.05, 0.1) is 5.52 Å². The van der Waals surface area contributed by atoms with Crippen molar-refractivity contribution in [3.05, 3.63) is 42.1 Å². The first-order chi connectivity index (χ1) is 9.33. The molecule has 1 aromatic heterocycles. The summed E-state index contributed by atoms with van der Waals surface area (Å²) >= 11 is 0. The monoisotopic (exact) mass is 253 g/mol. The summed E-state index contributed by atoms with van der Waals surface area (Å²) in [5.41, 5.74) is 1.79. The van der Waals surface area contributed by atoms with E-state index in [1.807, 2.05) is 30.3 Å². The molecular formula is C17H19NO. The van der Waals surface area contributed by atoms with E-state index in [-0.39, 0.29) is 5.78 Å². The molecule has 1 aromatic carbocycles. The molecule has 0 spiro atoms. The van der Waals surface area contributed by atoms with E-state index in [1.54, 1.807) is 6.20 Å². The molecule has 19 heavy (non-hydrogen) atoms. The zero-order chi connectivity index (χ0) is 13.1. The van der Waals surface area contributed by atoms with Crippen LogP contribution >= 0.6 is 0 Å². The van der Waals surface area contributed by atoms with Crippen LogP contribution in [-0.2, 0) is 0 Å². The normalized spacial score (nSPS) is 16.6. The second kappa shape index (κ2) is 5.52. The molecule has 98 valence electrons. The Labute approximate surface area is 113 Å². The number of hydrogen-bond donors (Lipinski definition) is 0. The maximum atomic E-state index is 12.3. The molecular weight excluding hydrogens is 234 g/mol. The van der Waals surface area contributed by atoms with Gasteiger partial charge in [-0.05, 0) is 30.2 Å². The average Bonchev–Trinajstić information content (AvgIpc) is 2.48. The second-order valence-corrected chi connectivity index (χ2v) is 5.54. The van der Waals surface area contributed by atoms with Gasteiger partial charge in [0.25, 0.3) is 0 Å². The van der Waals surface area contributed by atoms with Crippen LogP contribution in [0.5, 0.6) is 0 Å². The predicted molar refractivity (Wildman–Crippen MR) is 77.3 cm³/mol. The standard InChI is InChI=1S/C17H19NO/c19-17(11-13-5-2-1-3-6-13)15-8-9-16-14(12-15)7-4-10-18-16/h4,7-10,12-13H,1-3,5-6,11H2. The van der Waals surface area contributed by atoms with E-state index < -0.39 is 0 Å². The summed E-state index contributed by atoms with van der Waals surface area (Å²) in [6, 6.07) is 9.77. The van der Waals surface area contributed by atoms with Crippen LogP contribution in [0.3, 0.4) is 0 Å². The molecule has 1 heterocycles. The summed E-state index contributed by atoms with van der Waals surface area (Å²) in [5, 5.41) is 1.05. The predicted octanol–water partition coefficient (Wildman–Crippen LogP) is 4.39. The van der Waals surface area contributed by atoms with Gasteiger partial charge in [-0.3, -0.25) is 9.78 Å². The molecule has 2 nitrogen and oxygen atoms in total. The SMILES string of the molecule is O=C(CC1CCCCC1)c1ccc2ncccc2c1. The second-order valence-electron chi connectivity index (χ2n) is 5.54. The molecule has 1 fully saturated rings. The van der Waals surface area contributed by atoms with Gasteiger partial charge in [-0.25, -0.2) is 0 Å². The molecule has 1 aliphatic rings. The highest BCUT2D eigenvalue weighted by atomic mass is 16.1. The molecule has 0 N–H and O–H groups in total. The van der Waals surface area contributed by atoms with E-state index in [2.05, 4.69) is 4.98 Å². The molecule has 1 aliphatic carbocycles. The summed E-state index contributed by atoms with van der Waals surface area (Å²) < 4.78 is 0. The zero-order valence-electron chi connectivity index (χ0n) is 11.1. The Morgan fingerprint density at radius 1 is 1.16 bits per heavy atom. The Kier molecular flexibility index (Phi) is 3.58. The third-order valence-corrected chi connectivity index (χ3v) is 4.12. The minimum absolute atomic E-state index is 0.289. The highest BCUT2D eigenvalue weighted by Crippen LogP contribution is 2.27. The number of nitrogens with zero attached hydrogens (tertiary/aromatic N) is 1. The van der Waals surface area contributed by atoms with Crippen molar-refractivity contribution in [3.8, 4) is 0 Å². The minimum atomic E-state index is 0.289. The van der Waals surface area contributed by atoms with Crippen LogP contribution in [0.15, 0.2) is 36.5 Å². The van der Waals surface area contributed by atoms with E-state index in [0.29, 0.717) is 12.3 Å². The third-order valence-electron chi connectivity index (χ3n) is 4.12. The Morgan fingerprint density at radius 3 is 2.84 bits per heavy atom. The van der Waals surface area contributed by atoms with Crippen LogP contribution in [0.25, 0.3) is 10.9 Å². The first kappa shape index (κ1) is 12.3. The molecule has 0 radical (unpaired) electrons. The lowest BCUT2D eigenvalue weighted by atomic mass is 9.84. The van der Waals surface area contributed by atoms with E-state index in [0.717, 1.165) is 16.5 Å². The smallest absolute Gasteiger partial charge is 0.163 e. The highest BCUT2D eigenvalue weighted by molar-refractivity contribution is 5.99. The molecule has 0 aliphatic heterocycles. The van der Waals surface area contributed by atoms with Crippen LogP contribution in [0, 0.1) is 5.92 Å². The van der Waals surface area contributed by atoms with Crippen LogP contribution in [0.4, 0.5) is 0 Å². The molecule has 0 saturated heterocycles. The molecule has 2 heteroatoms. The average molecular weight is 253 g/mol. The topological polar surface area (TPSA) is 30.0 Å². The van der Waals surface area contributed by atoms with E-state index in [4.69, 9.17) is 0 Å². The van der Waals surface area contributed by atoms with Crippen LogP contribution in [0.2, 0.25) is 0 Å². The van der Waals surface area contributed by atoms with Gasteiger partial charge < -0.3 is 0 Å². The summed E-state index contributed by atoms with van der Waals surface area (Å²) in [6.07, 6.45) is 8.87. The summed E-state index contributed by atoms with van der Waals surface area (Å²) in [7, 11) is 0. The lowest BCUT2D eigenvalue weighted by Crippen LogP contribution is -2.12. The number of Topliss-reactive ketones (excluding diaryl/α,β-unsaturated/α-hetero) is 1. The van der Waals surface area contributed by atoms with Gasteiger partial charge in [0.1, 0.15) is 0 Å². The Bertz CT molecular complexity index is 585. The molecule has 1 saturated carbocycles. The number of carbonyl (C=O) groups is 1. The summed E-state index contributed by atoms with van der Waals surface area (Å²) in [5.74, 6) is 0.892. The molecule has 0 unspecified atom stereocenters. The lowest BCUT2D eigenvalue weighted by molar-refractivity contribution is 0.0950. The summed E-state index contributed by atoms with van der Waals surface area (Å²) in [6.45, 7) is 0. The Hall–Kier alpha value is -1.70. The van der Waals surface area contributed by atoms with Crippen LogP contribution < -0.4 is 0 Å². The fourth-order valence-electron chi connectivity index (χ4n) is 3.02. The van der Waals surface area contributed by atoms with Crippen LogP contribution in [0.1, 0.15) is 48.9 Å². The van der Waals surface area contributed by atoms with Gasteiger partial charge in [-0.1, -0.05) is 38.2 Å². The number of hydrogen-bond acceptors (Lipinski definition) is 2. The van der Waals surface area contributed by atoms with Gasteiger partial charge in [-0.15, -0.1) is 0 Å². The number of carbonyl (C=O) groups excluding carboxylic acids is 1. The quantitative estimate of drug-likeness (QED) is 0.759. The van der Waals surface area contributed by atoms with Gasteiger partial charge in [-0.2, -0.15) is 0 Å². The van der Waals surface area contributed by atoms with Crippen molar-refractivity contribution in [1.82, 2.24) is 4.98 Å². The molecule has 0 amide bonds. The highest BCUT2D eigenvalue weighted by Gasteiger charge is 2.18. The molecule has 2 aromatic rings. The number of rotatable bonds is 3. The Balaban J connectivity index is 1.77. The van der Waals surface area contributed by atoms with Gasteiger partial charge in [0.15, 0.2) is 5.78 Å². The van der Waals surface area contributed by atoms with Crippen molar-refractivity contribution in [1.29, 1.82) is 0 Å². The Morgan fingerprint density at radius 2 is 2.00 bits per heavy atom. The van der Waals surface area contributed by atoms with Crippen molar-refractivity contribution in [3.63, 3.8) is 0 Å². The third kappa shape index (κ3) is 2.83. The molecule has 3 rings (SSSR count). The molecule has 0 bridgehead atoms. The number of pyridine rings is 1. The fourth-order valence-corrected chi connectivity index (χ4v) is 3.02. The van der Waals surface area contributed by atoms with Crippen molar-refractivity contribution in [2.24, 2.45) is 5.92 Å². The van der Waals surface area contributed by atoms with E-state index in [9.17, 15) is 4.79 Å². The van der Waals surface area contributed by atoms with Crippen LogP contribution in [-0.4, -0.2) is 10.8 Å². The van der Waals surface area contributed by atoms with E-state index in [1.165, 1.54) is 32.1 Å². The van der Waals surface area contributed by atoms with Gasteiger partial charge >= 0.3 is 0 Å². The maximum Gasteiger partial charge on any atom is 0.163 e. The minimum Gasteiger partial charge on any atom is -0.294 e. The van der Waals surface area contributed by atoms with E-state index >= 15 is 0 Å². The number of fused-ring (bicyclic) bond motifs is 1. The van der Waals surface area contributed by atoms with Crippen molar-refractivity contribution in [2.45, 2.75) is 38.5 Å². The van der Waals surface area contributed by atoms with Gasteiger partial charge in [0.2, 0.25) is 0 Å². The number of aromatic nitrogens is 1. The van der Waals surface area contributed by atoms with Crippen molar-refractivity contribution < 1.29 is 4.79 Å². The lowest BCUT2D eigenvalue weighted by Gasteiger charge is -2.20.